The second kappa shape index (κ2) is 8.67. The summed E-state index contributed by atoms with van der Waals surface area (Å²) in [4.78, 5) is 11.8. The number of hydrogen-bond acceptors (Lipinski definition) is 3. The summed E-state index contributed by atoms with van der Waals surface area (Å²) in [7, 11) is 0. The van der Waals surface area contributed by atoms with Crippen molar-refractivity contribution in [2.45, 2.75) is 57.4 Å². The first-order valence-corrected chi connectivity index (χ1v) is 7.96. The number of hydrogen-bond donors (Lipinski definition) is 2. The average Bonchev–Trinajstić information content (AvgIpc) is 2.50. The third-order valence-electron chi connectivity index (χ3n) is 3.93. The lowest BCUT2D eigenvalue weighted by molar-refractivity contribution is 0.192. The van der Waals surface area contributed by atoms with Gasteiger partial charge in [-0.25, -0.2) is 4.79 Å². The molecule has 1 saturated carbocycles. The van der Waals surface area contributed by atoms with E-state index >= 15 is 0 Å². The monoisotopic (exact) mass is 291 g/mol. The summed E-state index contributed by atoms with van der Waals surface area (Å²) in [6.45, 7) is 0.239. The van der Waals surface area contributed by atoms with Crippen molar-refractivity contribution in [3.63, 3.8) is 0 Å². The van der Waals surface area contributed by atoms with E-state index in [1.54, 1.807) is 0 Å². The van der Waals surface area contributed by atoms with E-state index in [2.05, 4.69) is 5.32 Å². The van der Waals surface area contributed by atoms with Gasteiger partial charge in [-0.3, -0.25) is 0 Å². The highest BCUT2D eigenvalue weighted by atomic mass is 16.6. The molecule has 4 heteroatoms. The second-order valence-electron chi connectivity index (χ2n) is 5.69. The summed E-state index contributed by atoms with van der Waals surface area (Å²) >= 11 is 0. The highest BCUT2D eigenvalue weighted by Crippen LogP contribution is 2.18. The Morgan fingerprint density at radius 3 is 2.52 bits per heavy atom. The summed E-state index contributed by atoms with van der Waals surface area (Å²) in [6, 6.07) is 7.87. The largest absolute Gasteiger partial charge is 0.412 e. The van der Waals surface area contributed by atoms with Crippen molar-refractivity contribution in [1.82, 2.24) is 5.32 Å². The molecule has 2 rings (SSSR count). The van der Waals surface area contributed by atoms with Crippen LogP contribution in [0.15, 0.2) is 24.3 Å². The maximum atomic E-state index is 11.8. The van der Waals surface area contributed by atoms with E-state index in [4.69, 9.17) is 9.84 Å². The first-order valence-electron chi connectivity index (χ1n) is 7.96. The first-order chi connectivity index (χ1) is 10.3. The zero-order chi connectivity index (χ0) is 14.9. The van der Waals surface area contributed by atoms with Gasteiger partial charge in [-0.15, -0.1) is 0 Å². The molecule has 21 heavy (non-hydrogen) atoms. The molecular formula is C17H25NO3. The number of amides is 1. The van der Waals surface area contributed by atoms with E-state index in [-0.39, 0.29) is 18.7 Å². The van der Waals surface area contributed by atoms with Crippen molar-refractivity contribution in [2.75, 3.05) is 6.61 Å². The Kier molecular flexibility index (Phi) is 6.54. The Hall–Kier alpha value is -1.55. The Morgan fingerprint density at radius 1 is 1.14 bits per heavy atom. The standard InChI is InChI=1S/C17H25NO3/c19-13-5-4-6-14-9-11-16(12-10-14)21-17(20)18-15-7-2-1-3-8-15/h9-12,15,19H,1-8,13H2,(H,18,20). The number of carbonyl (C=O) groups excluding carboxylic acids is 1. The van der Waals surface area contributed by atoms with Crippen LogP contribution < -0.4 is 10.1 Å². The van der Waals surface area contributed by atoms with E-state index < -0.39 is 0 Å². The lowest BCUT2D eigenvalue weighted by Crippen LogP contribution is -2.37. The van der Waals surface area contributed by atoms with Crippen molar-refractivity contribution in [1.29, 1.82) is 0 Å². The van der Waals surface area contributed by atoms with Crippen LogP contribution in [0.4, 0.5) is 4.79 Å². The minimum Gasteiger partial charge on any atom is -0.410 e. The zero-order valence-corrected chi connectivity index (χ0v) is 12.5. The minimum atomic E-state index is -0.352. The molecule has 0 radical (unpaired) electrons. The van der Waals surface area contributed by atoms with E-state index in [9.17, 15) is 4.79 Å². The summed E-state index contributed by atoms with van der Waals surface area (Å²) < 4.78 is 5.31. The Bertz CT molecular complexity index is 424. The Morgan fingerprint density at radius 2 is 1.86 bits per heavy atom. The molecule has 0 aliphatic heterocycles. The van der Waals surface area contributed by atoms with Gasteiger partial charge in [-0.2, -0.15) is 0 Å². The molecule has 0 heterocycles. The molecule has 0 bridgehead atoms. The molecule has 1 fully saturated rings. The van der Waals surface area contributed by atoms with Crippen LogP contribution in [0.25, 0.3) is 0 Å². The lowest BCUT2D eigenvalue weighted by atomic mass is 9.96. The molecule has 4 nitrogen and oxygen atoms in total. The number of ether oxygens (including phenoxy) is 1. The van der Waals surface area contributed by atoms with Gasteiger partial charge in [0, 0.05) is 12.6 Å². The van der Waals surface area contributed by atoms with E-state index in [1.807, 2.05) is 24.3 Å². The predicted molar refractivity (Wildman–Crippen MR) is 82.5 cm³/mol. The number of benzene rings is 1. The fraction of sp³-hybridized carbons (Fsp3) is 0.588. The maximum Gasteiger partial charge on any atom is 0.412 e. The highest BCUT2D eigenvalue weighted by molar-refractivity contribution is 5.70. The zero-order valence-electron chi connectivity index (χ0n) is 12.5. The molecule has 0 atom stereocenters. The molecule has 0 saturated heterocycles. The topological polar surface area (TPSA) is 58.6 Å². The molecular weight excluding hydrogens is 266 g/mol. The summed E-state index contributed by atoms with van der Waals surface area (Å²) in [6.07, 6.45) is 8.13. The normalized spacial score (nSPS) is 15.7. The molecule has 1 aromatic carbocycles. The van der Waals surface area contributed by atoms with Gasteiger partial charge >= 0.3 is 6.09 Å². The Labute approximate surface area is 126 Å². The number of carbonyl (C=O) groups is 1. The molecule has 1 aromatic rings. The molecule has 1 aliphatic carbocycles. The van der Waals surface area contributed by atoms with E-state index in [0.29, 0.717) is 5.75 Å². The van der Waals surface area contributed by atoms with Gasteiger partial charge in [0.1, 0.15) is 5.75 Å². The van der Waals surface area contributed by atoms with Crippen molar-refractivity contribution in [3.05, 3.63) is 29.8 Å². The number of nitrogens with one attached hydrogen (secondary N) is 1. The second-order valence-corrected chi connectivity index (χ2v) is 5.69. The van der Waals surface area contributed by atoms with Crippen molar-refractivity contribution in [3.8, 4) is 5.75 Å². The number of aliphatic hydroxyl groups excluding tert-OH is 1. The quantitative estimate of drug-likeness (QED) is 0.790. The summed E-state index contributed by atoms with van der Waals surface area (Å²) in [5.74, 6) is 0.578. The van der Waals surface area contributed by atoms with Crippen LogP contribution in [0.1, 0.15) is 50.5 Å². The SMILES string of the molecule is O=C(NC1CCCCC1)Oc1ccc(CCCCO)cc1. The number of aliphatic hydroxyl groups is 1. The van der Waals surface area contributed by atoms with Crippen LogP contribution in [0.5, 0.6) is 5.75 Å². The summed E-state index contributed by atoms with van der Waals surface area (Å²) in [5, 5.41) is 11.7. The molecule has 0 aromatic heterocycles. The molecule has 116 valence electrons. The molecule has 1 aliphatic rings. The van der Waals surface area contributed by atoms with Gasteiger partial charge in [0.15, 0.2) is 0 Å². The van der Waals surface area contributed by atoms with Crippen LogP contribution in [0, 0.1) is 0 Å². The lowest BCUT2D eigenvalue weighted by Gasteiger charge is -2.22. The fourth-order valence-corrected chi connectivity index (χ4v) is 2.72. The van der Waals surface area contributed by atoms with E-state index in [1.165, 1.54) is 24.8 Å². The van der Waals surface area contributed by atoms with Gasteiger partial charge in [0.2, 0.25) is 0 Å². The van der Waals surface area contributed by atoms with Crippen LogP contribution >= 0.6 is 0 Å². The Balaban J connectivity index is 1.75. The van der Waals surface area contributed by atoms with Crippen LogP contribution in [0.2, 0.25) is 0 Å². The maximum absolute atomic E-state index is 11.8. The van der Waals surface area contributed by atoms with Crippen molar-refractivity contribution < 1.29 is 14.6 Å². The van der Waals surface area contributed by atoms with Crippen LogP contribution in [-0.4, -0.2) is 23.8 Å². The smallest absolute Gasteiger partial charge is 0.410 e. The van der Waals surface area contributed by atoms with Gasteiger partial charge < -0.3 is 15.2 Å². The van der Waals surface area contributed by atoms with Crippen LogP contribution in [0.3, 0.4) is 0 Å². The number of aryl methyl sites for hydroxylation is 1. The number of unbranched alkanes of at least 4 members (excludes halogenated alkanes) is 1. The van der Waals surface area contributed by atoms with E-state index in [0.717, 1.165) is 32.1 Å². The molecule has 2 N–H and O–H groups in total. The summed E-state index contributed by atoms with van der Waals surface area (Å²) in [5.41, 5.74) is 1.20. The molecule has 0 spiro atoms. The molecule has 0 unspecified atom stereocenters. The van der Waals surface area contributed by atoms with Gasteiger partial charge in [-0.1, -0.05) is 31.4 Å². The van der Waals surface area contributed by atoms with Gasteiger partial charge in [0.25, 0.3) is 0 Å². The number of rotatable bonds is 6. The third kappa shape index (κ3) is 5.76. The predicted octanol–water partition coefficient (Wildman–Crippen LogP) is 3.42. The van der Waals surface area contributed by atoms with Crippen molar-refractivity contribution >= 4 is 6.09 Å². The van der Waals surface area contributed by atoms with Crippen molar-refractivity contribution in [2.24, 2.45) is 0 Å². The van der Waals surface area contributed by atoms with Gasteiger partial charge in [-0.05, 0) is 49.8 Å². The highest BCUT2D eigenvalue weighted by Gasteiger charge is 2.16. The van der Waals surface area contributed by atoms with Crippen LogP contribution in [-0.2, 0) is 6.42 Å². The third-order valence-corrected chi connectivity index (χ3v) is 3.93. The average molecular weight is 291 g/mol. The van der Waals surface area contributed by atoms with Gasteiger partial charge in [0.05, 0.1) is 0 Å². The fourth-order valence-electron chi connectivity index (χ4n) is 2.72. The first kappa shape index (κ1) is 15.8. The molecule has 1 amide bonds. The minimum absolute atomic E-state index is 0.239.